The van der Waals surface area contributed by atoms with E-state index in [0.717, 1.165) is 5.56 Å². The Bertz CT molecular complexity index is 727. The van der Waals surface area contributed by atoms with Crippen LogP contribution in [0.1, 0.15) is 24.2 Å². The third kappa shape index (κ3) is 2.90. The summed E-state index contributed by atoms with van der Waals surface area (Å²) in [5.74, 6) is -1.07. The van der Waals surface area contributed by atoms with Gasteiger partial charge in [-0.15, -0.1) is 0 Å². The van der Waals surface area contributed by atoms with Gasteiger partial charge in [-0.1, -0.05) is 53.7 Å². The number of phenols is 1. The maximum absolute atomic E-state index is 12.5. The molecule has 1 aliphatic rings. The zero-order chi connectivity index (χ0) is 16.2. The van der Waals surface area contributed by atoms with Crippen molar-refractivity contribution in [1.29, 1.82) is 0 Å². The average molecular weight is 311 g/mol. The molecule has 1 heterocycles. The van der Waals surface area contributed by atoms with Crippen LogP contribution in [0.2, 0.25) is 0 Å². The van der Waals surface area contributed by atoms with E-state index in [-0.39, 0.29) is 12.4 Å². The fourth-order valence-corrected chi connectivity index (χ4v) is 2.65. The molecule has 0 unspecified atom stereocenters. The van der Waals surface area contributed by atoms with Crippen LogP contribution in [0.5, 0.6) is 5.75 Å². The highest BCUT2D eigenvalue weighted by Crippen LogP contribution is 2.39. The number of hydrogen-bond acceptors (Lipinski definition) is 5. The van der Waals surface area contributed by atoms with Crippen LogP contribution in [-0.4, -0.2) is 23.4 Å². The quantitative estimate of drug-likeness (QED) is 0.881. The van der Waals surface area contributed by atoms with Crippen LogP contribution in [-0.2, 0) is 14.4 Å². The average Bonchev–Trinajstić information content (AvgIpc) is 3.01. The van der Waals surface area contributed by atoms with Crippen molar-refractivity contribution in [2.24, 2.45) is 11.1 Å². The number of para-hydroxylation sites is 1. The van der Waals surface area contributed by atoms with E-state index in [4.69, 9.17) is 9.57 Å². The number of esters is 1. The van der Waals surface area contributed by atoms with Gasteiger partial charge in [0.25, 0.3) is 0 Å². The largest absolute Gasteiger partial charge is 0.508 e. The molecule has 2 atom stereocenters. The minimum absolute atomic E-state index is 0.0660. The molecule has 5 heteroatoms. The first-order valence-corrected chi connectivity index (χ1v) is 7.46. The number of benzene rings is 2. The minimum atomic E-state index is -0.717. The van der Waals surface area contributed by atoms with Gasteiger partial charge in [0.1, 0.15) is 17.4 Å². The molecule has 5 nitrogen and oxygen atoms in total. The van der Waals surface area contributed by atoms with Crippen molar-refractivity contribution < 1.29 is 19.5 Å². The number of phenolic OH excluding ortho intramolecular Hbond substituents is 1. The maximum atomic E-state index is 12.5. The van der Waals surface area contributed by atoms with Crippen molar-refractivity contribution in [3.05, 3.63) is 65.7 Å². The molecule has 118 valence electrons. The van der Waals surface area contributed by atoms with Crippen molar-refractivity contribution in [2.75, 3.05) is 6.61 Å². The van der Waals surface area contributed by atoms with Crippen LogP contribution in [0.25, 0.3) is 0 Å². The summed E-state index contributed by atoms with van der Waals surface area (Å²) in [5.41, 5.74) is 1.82. The Morgan fingerprint density at radius 1 is 1.17 bits per heavy atom. The molecule has 0 saturated carbocycles. The Morgan fingerprint density at radius 2 is 1.87 bits per heavy atom. The molecule has 1 aliphatic heterocycles. The third-order valence-corrected chi connectivity index (χ3v) is 3.72. The standard InChI is InChI=1S/C18H17NO4/c1-2-22-18(21)15-16(12-8-4-3-5-9-12)19-23-17(15)13-10-6-7-11-14(13)20/h3-11,15,17,20H,2H2,1H3/t15-,17+/m0/s1. The highest BCUT2D eigenvalue weighted by molar-refractivity contribution is 6.13. The molecule has 0 bridgehead atoms. The van der Waals surface area contributed by atoms with E-state index in [1.54, 1.807) is 31.2 Å². The SMILES string of the molecule is CCOC(=O)[C@H]1C(c2ccccc2)=NO[C@@H]1c1ccccc1O. The Labute approximate surface area is 134 Å². The Hall–Kier alpha value is -2.82. The number of ether oxygens (including phenoxy) is 1. The molecule has 0 spiro atoms. The van der Waals surface area contributed by atoms with Gasteiger partial charge in [0.2, 0.25) is 0 Å². The molecular weight excluding hydrogens is 294 g/mol. The lowest BCUT2D eigenvalue weighted by molar-refractivity contribution is -0.148. The smallest absolute Gasteiger partial charge is 0.319 e. The minimum Gasteiger partial charge on any atom is -0.508 e. The molecular formula is C18H17NO4. The summed E-state index contributed by atoms with van der Waals surface area (Å²) < 4.78 is 5.19. The molecule has 2 aromatic rings. The molecule has 23 heavy (non-hydrogen) atoms. The number of carbonyl (C=O) groups excluding carboxylic acids is 1. The van der Waals surface area contributed by atoms with Gasteiger partial charge in [-0.05, 0) is 13.0 Å². The fraction of sp³-hybridized carbons (Fsp3) is 0.222. The predicted octanol–water partition coefficient (Wildman–Crippen LogP) is 3.05. The van der Waals surface area contributed by atoms with Crippen LogP contribution >= 0.6 is 0 Å². The summed E-state index contributed by atoms with van der Waals surface area (Å²) in [6, 6.07) is 16.1. The summed E-state index contributed by atoms with van der Waals surface area (Å²) in [7, 11) is 0. The van der Waals surface area contributed by atoms with Gasteiger partial charge in [0.15, 0.2) is 6.10 Å². The lowest BCUT2D eigenvalue weighted by Crippen LogP contribution is -2.29. The van der Waals surface area contributed by atoms with Crippen LogP contribution in [0, 0.1) is 5.92 Å². The first-order valence-electron chi connectivity index (χ1n) is 7.46. The molecule has 0 aromatic heterocycles. The monoisotopic (exact) mass is 311 g/mol. The lowest BCUT2D eigenvalue weighted by atomic mass is 9.88. The van der Waals surface area contributed by atoms with Gasteiger partial charge >= 0.3 is 5.97 Å². The van der Waals surface area contributed by atoms with E-state index in [9.17, 15) is 9.90 Å². The summed E-state index contributed by atoms with van der Waals surface area (Å²) in [6.07, 6.45) is -0.703. The normalized spacial score (nSPS) is 19.8. The van der Waals surface area contributed by atoms with Gasteiger partial charge < -0.3 is 14.7 Å². The van der Waals surface area contributed by atoms with Crippen LogP contribution in [0.4, 0.5) is 0 Å². The molecule has 0 fully saturated rings. The molecule has 0 saturated heterocycles. The highest BCUT2D eigenvalue weighted by Gasteiger charge is 2.43. The van der Waals surface area contributed by atoms with Crippen LogP contribution < -0.4 is 0 Å². The van der Waals surface area contributed by atoms with E-state index < -0.39 is 18.0 Å². The van der Waals surface area contributed by atoms with E-state index in [2.05, 4.69) is 5.16 Å². The number of oxime groups is 1. The number of aromatic hydroxyl groups is 1. The van der Waals surface area contributed by atoms with Gasteiger partial charge in [-0.25, -0.2) is 0 Å². The highest BCUT2D eigenvalue weighted by atomic mass is 16.6. The number of carbonyl (C=O) groups is 1. The number of rotatable bonds is 4. The fourth-order valence-electron chi connectivity index (χ4n) is 2.65. The van der Waals surface area contributed by atoms with E-state index in [1.807, 2.05) is 30.3 Å². The topological polar surface area (TPSA) is 68.1 Å². The zero-order valence-corrected chi connectivity index (χ0v) is 12.7. The van der Waals surface area contributed by atoms with E-state index >= 15 is 0 Å². The van der Waals surface area contributed by atoms with Crippen molar-refractivity contribution in [2.45, 2.75) is 13.0 Å². The van der Waals surface area contributed by atoms with Crippen LogP contribution in [0.3, 0.4) is 0 Å². The second-order valence-electron chi connectivity index (χ2n) is 5.16. The van der Waals surface area contributed by atoms with Gasteiger partial charge in [-0.3, -0.25) is 4.79 Å². The van der Waals surface area contributed by atoms with Gasteiger partial charge in [-0.2, -0.15) is 0 Å². The second-order valence-corrected chi connectivity index (χ2v) is 5.16. The zero-order valence-electron chi connectivity index (χ0n) is 12.7. The summed E-state index contributed by atoms with van der Waals surface area (Å²) in [4.78, 5) is 18.0. The summed E-state index contributed by atoms with van der Waals surface area (Å²) in [6.45, 7) is 2.02. The number of hydrogen-bond donors (Lipinski definition) is 1. The van der Waals surface area contributed by atoms with Crippen molar-refractivity contribution in [3.8, 4) is 5.75 Å². The predicted molar refractivity (Wildman–Crippen MR) is 85.0 cm³/mol. The van der Waals surface area contributed by atoms with Crippen molar-refractivity contribution in [1.82, 2.24) is 0 Å². The molecule has 0 radical (unpaired) electrons. The van der Waals surface area contributed by atoms with Gasteiger partial charge in [0, 0.05) is 11.1 Å². The Kier molecular flexibility index (Phi) is 4.28. The maximum Gasteiger partial charge on any atom is 0.319 e. The lowest BCUT2D eigenvalue weighted by Gasteiger charge is -2.18. The summed E-state index contributed by atoms with van der Waals surface area (Å²) >= 11 is 0. The number of nitrogens with zero attached hydrogens (tertiary/aromatic N) is 1. The van der Waals surface area contributed by atoms with Gasteiger partial charge in [0.05, 0.1) is 6.61 Å². The molecule has 3 rings (SSSR count). The molecule has 2 aromatic carbocycles. The van der Waals surface area contributed by atoms with E-state index in [0.29, 0.717) is 11.3 Å². The third-order valence-electron chi connectivity index (χ3n) is 3.72. The Morgan fingerprint density at radius 3 is 2.57 bits per heavy atom. The molecule has 1 N–H and O–H groups in total. The molecule has 0 amide bonds. The molecule has 0 aliphatic carbocycles. The van der Waals surface area contributed by atoms with Crippen LogP contribution in [0.15, 0.2) is 59.8 Å². The second kappa shape index (κ2) is 6.52. The van der Waals surface area contributed by atoms with Crippen molar-refractivity contribution >= 4 is 11.7 Å². The van der Waals surface area contributed by atoms with E-state index in [1.165, 1.54) is 0 Å². The Balaban J connectivity index is 2.00. The summed E-state index contributed by atoms with van der Waals surface area (Å²) in [5, 5.41) is 14.2. The van der Waals surface area contributed by atoms with Crippen molar-refractivity contribution in [3.63, 3.8) is 0 Å². The first-order chi connectivity index (χ1) is 11.2. The first kappa shape index (κ1) is 15.1.